The third-order valence-corrected chi connectivity index (χ3v) is 4.03. The first-order valence-electron chi connectivity index (χ1n) is 7.87. The van der Waals surface area contributed by atoms with Crippen LogP contribution >= 0.6 is 0 Å². The van der Waals surface area contributed by atoms with E-state index in [-0.39, 0.29) is 11.8 Å². The van der Waals surface area contributed by atoms with Crippen molar-refractivity contribution in [2.75, 3.05) is 5.32 Å². The fourth-order valence-electron chi connectivity index (χ4n) is 2.29. The number of anilines is 1. The molecule has 1 aromatic heterocycles. The van der Waals surface area contributed by atoms with Crippen LogP contribution in [0.3, 0.4) is 0 Å². The number of pyridine rings is 1. The van der Waals surface area contributed by atoms with Gasteiger partial charge >= 0.3 is 0 Å². The Balaban J connectivity index is 2.05. The zero-order valence-corrected chi connectivity index (χ0v) is 14.5. The molecule has 1 heterocycles. The van der Waals surface area contributed by atoms with E-state index in [1.54, 1.807) is 32.3 Å². The van der Waals surface area contributed by atoms with E-state index in [9.17, 15) is 9.59 Å². The zero-order chi connectivity index (χ0) is 17.7. The number of benzene rings is 1. The Kier molecular flexibility index (Phi) is 5.34. The second kappa shape index (κ2) is 7.25. The van der Waals surface area contributed by atoms with Gasteiger partial charge in [0.1, 0.15) is 5.41 Å². The van der Waals surface area contributed by atoms with Crippen molar-refractivity contribution in [1.82, 2.24) is 10.3 Å². The molecule has 0 unspecified atom stereocenters. The van der Waals surface area contributed by atoms with Gasteiger partial charge in [0.25, 0.3) is 0 Å². The fraction of sp³-hybridized carbons (Fsp3) is 0.316. The van der Waals surface area contributed by atoms with E-state index in [1.165, 1.54) is 0 Å². The van der Waals surface area contributed by atoms with Gasteiger partial charge < -0.3 is 10.6 Å². The van der Waals surface area contributed by atoms with Gasteiger partial charge in [-0.3, -0.25) is 14.6 Å². The van der Waals surface area contributed by atoms with Gasteiger partial charge in [-0.15, -0.1) is 0 Å². The molecule has 2 amide bonds. The predicted molar refractivity (Wildman–Crippen MR) is 94.4 cm³/mol. The van der Waals surface area contributed by atoms with Crippen LogP contribution in [-0.2, 0) is 16.1 Å². The number of aromatic nitrogens is 1. The molecule has 0 aliphatic carbocycles. The number of amides is 2. The summed E-state index contributed by atoms with van der Waals surface area (Å²) in [4.78, 5) is 29.1. The SMILES string of the molecule is Cc1cccc(C)c1NC(=O)C(C)(C)C(=O)NCc1cccnc1. The van der Waals surface area contributed by atoms with Crippen molar-refractivity contribution in [3.63, 3.8) is 0 Å². The molecule has 0 aliphatic rings. The van der Waals surface area contributed by atoms with Crippen molar-refractivity contribution in [2.45, 2.75) is 34.2 Å². The minimum atomic E-state index is -1.18. The molecule has 2 aromatic rings. The molecule has 0 saturated heterocycles. The molecular formula is C19H23N3O2. The average Bonchev–Trinajstić information content (AvgIpc) is 2.56. The molecular weight excluding hydrogens is 302 g/mol. The van der Waals surface area contributed by atoms with Crippen molar-refractivity contribution in [3.05, 3.63) is 59.4 Å². The number of aryl methyl sites for hydroxylation is 2. The summed E-state index contributed by atoms with van der Waals surface area (Å²) in [6.45, 7) is 7.44. The van der Waals surface area contributed by atoms with Crippen LogP contribution in [0.15, 0.2) is 42.7 Å². The van der Waals surface area contributed by atoms with Gasteiger partial charge in [-0.05, 0) is 50.5 Å². The topological polar surface area (TPSA) is 71.1 Å². The van der Waals surface area contributed by atoms with Gasteiger partial charge in [-0.2, -0.15) is 0 Å². The standard InChI is InChI=1S/C19H23N3O2/c1-13-7-5-8-14(2)16(13)22-18(24)19(3,4)17(23)21-12-15-9-6-10-20-11-15/h5-11H,12H2,1-4H3,(H,21,23)(H,22,24). The van der Waals surface area contributed by atoms with Gasteiger partial charge in [-0.25, -0.2) is 0 Å². The maximum Gasteiger partial charge on any atom is 0.239 e. The number of rotatable bonds is 5. The lowest BCUT2D eigenvalue weighted by atomic mass is 9.90. The summed E-state index contributed by atoms with van der Waals surface area (Å²) in [5, 5.41) is 5.68. The van der Waals surface area contributed by atoms with Crippen LogP contribution in [-0.4, -0.2) is 16.8 Å². The number of nitrogens with zero attached hydrogens (tertiary/aromatic N) is 1. The molecule has 0 bridgehead atoms. The summed E-state index contributed by atoms with van der Waals surface area (Å²) in [5.41, 5.74) is 2.40. The molecule has 126 valence electrons. The summed E-state index contributed by atoms with van der Waals surface area (Å²) < 4.78 is 0. The highest BCUT2D eigenvalue weighted by Crippen LogP contribution is 2.24. The number of para-hydroxylation sites is 1. The van der Waals surface area contributed by atoms with Crippen molar-refractivity contribution in [2.24, 2.45) is 5.41 Å². The Morgan fingerprint density at radius 2 is 1.71 bits per heavy atom. The molecule has 5 nitrogen and oxygen atoms in total. The smallest absolute Gasteiger partial charge is 0.239 e. The Hall–Kier alpha value is -2.69. The number of hydrogen-bond donors (Lipinski definition) is 2. The second-order valence-corrected chi connectivity index (χ2v) is 6.39. The lowest BCUT2D eigenvalue weighted by Crippen LogP contribution is -2.45. The highest BCUT2D eigenvalue weighted by molar-refractivity contribution is 6.10. The molecule has 5 heteroatoms. The first-order chi connectivity index (χ1) is 11.3. The Labute approximate surface area is 142 Å². The van der Waals surface area contributed by atoms with Crippen LogP contribution in [0.5, 0.6) is 0 Å². The largest absolute Gasteiger partial charge is 0.351 e. The fourth-order valence-corrected chi connectivity index (χ4v) is 2.29. The monoisotopic (exact) mass is 325 g/mol. The maximum absolute atomic E-state index is 12.6. The van der Waals surface area contributed by atoms with E-state index in [1.807, 2.05) is 38.1 Å². The predicted octanol–water partition coefficient (Wildman–Crippen LogP) is 2.98. The Morgan fingerprint density at radius 3 is 2.29 bits per heavy atom. The lowest BCUT2D eigenvalue weighted by Gasteiger charge is -2.24. The summed E-state index contributed by atoms with van der Waals surface area (Å²) >= 11 is 0. The summed E-state index contributed by atoms with van der Waals surface area (Å²) in [6, 6.07) is 9.47. The van der Waals surface area contributed by atoms with Crippen molar-refractivity contribution < 1.29 is 9.59 Å². The summed E-state index contributed by atoms with van der Waals surface area (Å²) in [5.74, 6) is -0.654. The van der Waals surface area contributed by atoms with Crippen LogP contribution in [0.4, 0.5) is 5.69 Å². The summed E-state index contributed by atoms with van der Waals surface area (Å²) in [6.07, 6.45) is 3.36. The van der Waals surface area contributed by atoms with E-state index in [0.29, 0.717) is 6.54 Å². The first kappa shape index (κ1) is 17.7. The number of carbonyl (C=O) groups is 2. The van der Waals surface area contributed by atoms with Gasteiger partial charge in [0.15, 0.2) is 0 Å². The number of nitrogens with one attached hydrogen (secondary N) is 2. The van der Waals surface area contributed by atoms with E-state index < -0.39 is 5.41 Å². The molecule has 0 atom stereocenters. The zero-order valence-electron chi connectivity index (χ0n) is 14.5. The van der Waals surface area contributed by atoms with Gasteiger partial charge in [0.2, 0.25) is 11.8 Å². The molecule has 0 fully saturated rings. The molecule has 0 aliphatic heterocycles. The molecule has 0 saturated carbocycles. The van der Waals surface area contributed by atoms with Crippen LogP contribution in [0.2, 0.25) is 0 Å². The molecule has 0 spiro atoms. The van der Waals surface area contributed by atoms with Gasteiger partial charge in [0.05, 0.1) is 0 Å². The van der Waals surface area contributed by atoms with E-state index >= 15 is 0 Å². The Bertz CT molecular complexity index is 719. The van der Waals surface area contributed by atoms with Crippen LogP contribution in [0, 0.1) is 19.3 Å². The van der Waals surface area contributed by atoms with Crippen molar-refractivity contribution >= 4 is 17.5 Å². The minimum absolute atomic E-state index is 0.324. The third kappa shape index (κ3) is 3.98. The highest BCUT2D eigenvalue weighted by Gasteiger charge is 2.36. The van der Waals surface area contributed by atoms with Crippen LogP contribution < -0.4 is 10.6 Å². The number of hydrogen-bond acceptors (Lipinski definition) is 3. The molecule has 24 heavy (non-hydrogen) atoms. The second-order valence-electron chi connectivity index (χ2n) is 6.39. The van der Waals surface area contributed by atoms with E-state index in [0.717, 1.165) is 22.4 Å². The highest BCUT2D eigenvalue weighted by atomic mass is 16.2. The van der Waals surface area contributed by atoms with E-state index in [2.05, 4.69) is 15.6 Å². The lowest BCUT2D eigenvalue weighted by molar-refractivity contribution is -0.138. The van der Waals surface area contributed by atoms with E-state index in [4.69, 9.17) is 0 Å². The first-order valence-corrected chi connectivity index (χ1v) is 7.87. The van der Waals surface area contributed by atoms with Gasteiger partial charge in [-0.1, -0.05) is 24.3 Å². The van der Waals surface area contributed by atoms with Gasteiger partial charge in [0, 0.05) is 24.6 Å². The van der Waals surface area contributed by atoms with Crippen LogP contribution in [0.25, 0.3) is 0 Å². The molecule has 0 radical (unpaired) electrons. The molecule has 2 rings (SSSR count). The Morgan fingerprint density at radius 1 is 1.04 bits per heavy atom. The van der Waals surface area contributed by atoms with Crippen molar-refractivity contribution in [3.8, 4) is 0 Å². The summed E-state index contributed by atoms with van der Waals surface area (Å²) in [7, 11) is 0. The maximum atomic E-state index is 12.6. The normalized spacial score (nSPS) is 11.0. The molecule has 1 aromatic carbocycles. The van der Waals surface area contributed by atoms with Crippen molar-refractivity contribution in [1.29, 1.82) is 0 Å². The molecule has 2 N–H and O–H groups in total. The minimum Gasteiger partial charge on any atom is -0.351 e. The quantitative estimate of drug-likeness (QED) is 0.830. The third-order valence-electron chi connectivity index (χ3n) is 4.03. The number of carbonyl (C=O) groups excluding carboxylic acids is 2. The van der Waals surface area contributed by atoms with Crippen LogP contribution in [0.1, 0.15) is 30.5 Å². The average molecular weight is 325 g/mol.